The SMILES string of the molecule is CC1CCCCCN1CC(N)Cc1ccccc1. The molecule has 1 fully saturated rings. The van der Waals surface area contributed by atoms with Crippen molar-refractivity contribution >= 4 is 0 Å². The highest BCUT2D eigenvalue weighted by atomic mass is 15.2. The van der Waals surface area contributed by atoms with Crippen molar-refractivity contribution in [2.75, 3.05) is 13.1 Å². The predicted molar refractivity (Wildman–Crippen MR) is 77.6 cm³/mol. The standard InChI is InChI=1S/C16H26N2/c1-14-8-4-3-7-11-18(14)13-16(17)12-15-9-5-2-6-10-15/h2,5-6,9-10,14,16H,3-4,7-8,11-13,17H2,1H3. The lowest BCUT2D eigenvalue weighted by Gasteiger charge is -2.29. The van der Waals surface area contributed by atoms with E-state index in [0.29, 0.717) is 6.04 Å². The predicted octanol–water partition coefficient (Wildman–Crippen LogP) is 2.82. The van der Waals surface area contributed by atoms with Gasteiger partial charge in [0.1, 0.15) is 0 Å². The fraction of sp³-hybridized carbons (Fsp3) is 0.625. The van der Waals surface area contributed by atoms with E-state index in [9.17, 15) is 0 Å². The van der Waals surface area contributed by atoms with Crippen LogP contribution in [0.5, 0.6) is 0 Å². The molecule has 1 saturated heterocycles. The van der Waals surface area contributed by atoms with Gasteiger partial charge in [0.05, 0.1) is 0 Å². The molecule has 0 bridgehead atoms. The number of likely N-dealkylation sites (tertiary alicyclic amines) is 1. The van der Waals surface area contributed by atoms with Gasteiger partial charge in [0, 0.05) is 18.6 Å². The quantitative estimate of drug-likeness (QED) is 0.885. The molecule has 100 valence electrons. The second-order valence-corrected chi connectivity index (χ2v) is 5.64. The van der Waals surface area contributed by atoms with Crippen LogP contribution >= 0.6 is 0 Å². The molecule has 2 N–H and O–H groups in total. The van der Waals surface area contributed by atoms with Crippen molar-refractivity contribution in [2.24, 2.45) is 5.73 Å². The Kier molecular flexibility index (Phi) is 5.21. The Morgan fingerprint density at radius 1 is 1.22 bits per heavy atom. The number of rotatable bonds is 4. The van der Waals surface area contributed by atoms with Crippen LogP contribution in [0.1, 0.15) is 38.2 Å². The number of nitrogens with zero attached hydrogens (tertiary/aromatic N) is 1. The first-order chi connectivity index (χ1) is 8.75. The molecule has 0 aliphatic carbocycles. The zero-order valence-corrected chi connectivity index (χ0v) is 11.5. The molecule has 0 radical (unpaired) electrons. The molecule has 0 spiro atoms. The van der Waals surface area contributed by atoms with E-state index in [1.165, 1.54) is 37.8 Å². The van der Waals surface area contributed by atoms with E-state index in [2.05, 4.69) is 42.2 Å². The Labute approximate surface area is 111 Å². The smallest absolute Gasteiger partial charge is 0.0208 e. The molecule has 0 amide bonds. The van der Waals surface area contributed by atoms with Gasteiger partial charge in [-0.1, -0.05) is 43.2 Å². The molecule has 2 atom stereocenters. The van der Waals surface area contributed by atoms with Crippen molar-refractivity contribution in [1.82, 2.24) is 4.90 Å². The average molecular weight is 246 g/mol. The highest BCUT2D eigenvalue weighted by Crippen LogP contribution is 2.16. The molecular formula is C16H26N2. The van der Waals surface area contributed by atoms with Crippen LogP contribution in [0.25, 0.3) is 0 Å². The van der Waals surface area contributed by atoms with E-state index in [4.69, 9.17) is 5.73 Å². The number of benzene rings is 1. The molecule has 18 heavy (non-hydrogen) atoms. The molecule has 2 rings (SSSR count). The minimum Gasteiger partial charge on any atom is -0.326 e. The summed E-state index contributed by atoms with van der Waals surface area (Å²) in [5, 5.41) is 0. The number of nitrogens with two attached hydrogens (primary N) is 1. The maximum absolute atomic E-state index is 6.31. The molecular weight excluding hydrogens is 220 g/mol. The molecule has 0 aromatic heterocycles. The summed E-state index contributed by atoms with van der Waals surface area (Å²) in [7, 11) is 0. The summed E-state index contributed by atoms with van der Waals surface area (Å²) in [6.45, 7) is 4.61. The Bertz CT molecular complexity index is 336. The largest absolute Gasteiger partial charge is 0.326 e. The van der Waals surface area contributed by atoms with Crippen molar-refractivity contribution in [3.63, 3.8) is 0 Å². The molecule has 1 aromatic rings. The van der Waals surface area contributed by atoms with Crippen molar-refractivity contribution in [3.05, 3.63) is 35.9 Å². The summed E-state index contributed by atoms with van der Waals surface area (Å²) in [6, 6.07) is 11.6. The van der Waals surface area contributed by atoms with Crippen LogP contribution in [-0.4, -0.2) is 30.1 Å². The van der Waals surface area contributed by atoms with Crippen LogP contribution in [0.15, 0.2) is 30.3 Å². The van der Waals surface area contributed by atoms with Gasteiger partial charge in [-0.05, 0) is 38.3 Å². The molecule has 2 heteroatoms. The monoisotopic (exact) mass is 246 g/mol. The molecule has 1 aliphatic heterocycles. The lowest BCUT2D eigenvalue weighted by atomic mass is 10.1. The van der Waals surface area contributed by atoms with Crippen LogP contribution in [0, 0.1) is 0 Å². The van der Waals surface area contributed by atoms with Crippen LogP contribution in [0.2, 0.25) is 0 Å². The van der Waals surface area contributed by atoms with Gasteiger partial charge < -0.3 is 5.73 Å². The van der Waals surface area contributed by atoms with Crippen LogP contribution in [0.4, 0.5) is 0 Å². The lowest BCUT2D eigenvalue weighted by molar-refractivity contribution is 0.200. The van der Waals surface area contributed by atoms with E-state index in [0.717, 1.165) is 13.0 Å². The summed E-state index contributed by atoms with van der Waals surface area (Å²) in [5.41, 5.74) is 7.66. The minimum absolute atomic E-state index is 0.257. The third-order valence-electron chi connectivity index (χ3n) is 4.00. The highest BCUT2D eigenvalue weighted by molar-refractivity contribution is 5.15. The molecule has 1 aromatic carbocycles. The first-order valence-corrected chi connectivity index (χ1v) is 7.29. The Hall–Kier alpha value is -0.860. The summed E-state index contributed by atoms with van der Waals surface area (Å²) < 4.78 is 0. The molecule has 2 nitrogen and oxygen atoms in total. The Morgan fingerprint density at radius 3 is 2.78 bits per heavy atom. The highest BCUT2D eigenvalue weighted by Gasteiger charge is 2.18. The Morgan fingerprint density at radius 2 is 2.00 bits per heavy atom. The lowest BCUT2D eigenvalue weighted by Crippen LogP contribution is -2.43. The average Bonchev–Trinajstić information content (AvgIpc) is 2.56. The summed E-state index contributed by atoms with van der Waals surface area (Å²) in [4.78, 5) is 2.58. The topological polar surface area (TPSA) is 29.3 Å². The van der Waals surface area contributed by atoms with Crippen molar-refractivity contribution in [2.45, 2.75) is 51.1 Å². The van der Waals surface area contributed by atoms with Gasteiger partial charge in [-0.15, -0.1) is 0 Å². The number of hydrogen-bond donors (Lipinski definition) is 1. The van der Waals surface area contributed by atoms with Gasteiger partial charge in [-0.2, -0.15) is 0 Å². The summed E-state index contributed by atoms with van der Waals surface area (Å²) >= 11 is 0. The third kappa shape index (κ3) is 4.11. The van der Waals surface area contributed by atoms with Gasteiger partial charge in [-0.3, -0.25) is 4.90 Å². The van der Waals surface area contributed by atoms with Crippen LogP contribution in [0.3, 0.4) is 0 Å². The van der Waals surface area contributed by atoms with Crippen molar-refractivity contribution in [3.8, 4) is 0 Å². The van der Waals surface area contributed by atoms with E-state index in [1.54, 1.807) is 0 Å². The Balaban J connectivity index is 1.84. The first kappa shape index (κ1) is 13.6. The molecule has 2 unspecified atom stereocenters. The first-order valence-electron chi connectivity index (χ1n) is 7.29. The van der Waals surface area contributed by atoms with Gasteiger partial charge in [-0.25, -0.2) is 0 Å². The summed E-state index contributed by atoms with van der Waals surface area (Å²) in [6.07, 6.45) is 6.42. The van der Waals surface area contributed by atoms with E-state index in [1.807, 2.05) is 0 Å². The maximum Gasteiger partial charge on any atom is 0.0208 e. The summed E-state index contributed by atoms with van der Waals surface area (Å²) in [5.74, 6) is 0. The zero-order chi connectivity index (χ0) is 12.8. The fourth-order valence-electron chi connectivity index (χ4n) is 2.89. The second kappa shape index (κ2) is 6.91. The van der Waals surface area contributed by atoms with E-state index in [-0.39, 0.29) is 6.04 Å². The van der Waals surface area contributed by atoms with Gasteiger partial charge in [0.15, 0.2) is 0 Å². The molecule has 0 saturated carbocycles. The third-order valence-corrected chi connectivity index (χ3v) is 4.00. The maximum atomic E-state index is 6.31. The van der Waals surface area contributed by atoms with E-state index < -0.39 is 0 Å². The van der Waals surface area contributed by atoms with E-state index >= 15 is 0 Å². The normalized spacial score (nSPS) is 23.6. The van der Waals surface area contributed by atoms with Crippen LogP contribution in [-0.2, 0) is 6.42 Å². The van der Waals surface area contributed by atoms with Gasteiger partial charge in [0.25, 0.3) is 0 Å². The van der Waals surface area contributed by atoms with Gasteiger partial charge in [0.2, 0.25) is 0 Å². The zero-order valence-electron chi connectivity index (χ0n) is 11.5. The van der Waals surface area contributed by atoms with Gasteiger partial charge >= 0.3 is 0 Å². The fourth-order valence-corrected chi connectivity index (χ4v) is 2.89. The van der Waals surface area contributed by atoms with Crippen LogP contribution < -0.4 is 5.73 Å². The minimum atomic E-state index is 0.257. The van der Waals surface area contributed by atoms with Crippen molar-refractivity contribution < 1.29 is 0 Å². The second-order valence-electron chi connectivity index (χ2n) is 5.64. The molecule has 1 aliphatic rings. The number of hydrogen-bond acceptors (Lipinski definition) is 2. The van der Waals surface area contributed by atoms with Crippen molar-refractivity contribution in [1.29, 1.82) is 0 Å². The molecule has 1 heterocycles.